The van der Waals surface area contributed by atoms with Crippen LogP contribution >= 0.6 is 11.3 Å². The van der Waals surface area contributed by atoms with Crippen LogP contribution < -0.4 is 5.32 Å². The maximum Gasteiger partial charge on any atom is 0.326 e. The van der Waals surface area contributed by atoms with Crippen molar-refractivity contribution >= 4 is 29.2 Å². The zero-order chi connectivity index (χ0) is 20.6. The van der Waals surface area contributed by atoms with Gasteiger partial charge in [-0.15, -0.1) is 11.3 Å². The normalized spacial score (nSPS) is 28.3. The Bertz CT molecular complexity index is 794. The first-order chi connectivity index (χ1) is 13.9. The maximum atomic E-state index is 13.0. The highest BCUT2D eigenvalue weighted by atomic mass is 32.1. The summed E-state index contributed by atoms with van der Waals surface area (Å²) < 4.78 is 0. The van der Waals surface area contributed by atoms with Gasteiger partial charge >= 0.3 is 6.03 Å². The molecular weight excluding hydrogens is 390 g/mol. The lowest BCUT2D eigenvalue weighted by molar-refractivity contribution is -0.136. The molecule has 0 unspecified atom stereocenters. The Labute approximate surface area is 175 Å². The quantitative estimate of drug-likeness (QED) is 0.749. The first kappa shape index (κ1) is 20.3. The second kappa shape index (κ2) is 8.02. The van der Waals surface area contributed by atoms with E-state index in [1.807, 2.05) is 17.2 Å². The predicted octanol–water partition coefficient (Wildman–Crippen LogP) is 1.60. The molecule has 29 heavy (non-hydrogen) atoms. The highest BCUT2D eigenvalue weighted by Crippen LogP contribution is 2.36. The van der Waals surface area contributed by atoms with Gasteiger partial charge in [-0.25, -0.2) is 14.7 Å². The van der Waals surface area contributed by atoms with Crippen LogP contribution in [0.1, 0.15) is 43.3 Å². The monoisotopic (exact) mass is 419 g/mol. The highest BCUT2D eigenvalue weighted by Gasteiger charge is 2.52. The van der Waals surface area contributed by atoms with Crippen LogP contribution in [0.5, 0.6) is 0 Å². The summed E-state index contributed by atoms with van der Waals surface area (Å²) >= 11 is 1.52. The average molecular weight is 420 g/mol. The summed E-state index contributed by atoms with van der Waals surface area (Å²) in [6.07, 6.45) is 3.74. The Morgan fingerprint density at radius 2 is 1.93 bits per heavy atom. The number of thiazole rings is 1. The number of aryl methyl sites for hydroxylation is 1. The zero-order valence-electron chi connectivity index (χ0n) is 17.1. The van der Waals surface area contributed by atoms with Crippen LogP contribution in [-0.4, -0.2) is 75.9 Å². The molecule has 0 atom stereocenters. The van der Waals surface area contributed by atoms with Gasteiger partial charge in [0.05, 0.1) is 13.1 Å². The molecule has 1 aromatic rings. The molecule has 8 nitrogen and oxygen atoms in total. The van der Waals surface area contributed by atoms with Gasteiger partial charge in [0.15, 0.2) is 0 Å². The molecule has 1 saturated carbocycles. The van der Waals surface area contributed by atoms with Crippen molar-refractivity contribution in [2.75, 3.05) is 32.8 Å². The van der Waals surface area contributed by atoms with Crippen LogP contribution in [0.4, 0.5) is 4.79 Å². The maximum absolute atomic E-state index is 13.0. The SMILES string of the molecule is Cc1csc(CC(=O)N2CCN(CN3C(=O)NC4(CCC(C)CC4)C3=O)CC2)n1. The van der Waals surface area contributed by atoms with Gasteiger partial charge < -0.3 is 10.2 Å². The number of nitrogens with zero attached hydrogens (tertiary/aromatic N) is 4. The van der Waals surface area contributed by atoms with Crippen molar-refractivity contribution < 1.29 is 14.4 Å². The van der Waals surface area contributed by atoms with Crippen LogP contribution in [0, 0.1) is 12.8 Å². The van der Waals surface area contributed by atoms with E-state index in [1.165, 1.54) is 16.2 Å². The summed E-state index contributed by atoms with van der Waals surface area (Å²) in [6.45, 7) is 6.95. The lowest BCUT2D eigenvalue weighted by Crippen LogP contribution is -2.53. The molecule has 9 heteroatoms. The molecule has 1 N–H and O–H groups in total. The minimum absolute atomic E-state index is 0.0768. The molecule has 158 valence electrons. The Kier molecular flexibility index (Phi) is 5.61. The van der Waals surface area contributed by atoms with Crippen molar-refractivity contribution in [1.29, 1.82) is 0 Å². The molecular formula is C20H29N5O3S. The first-order valence-corrected chi connectivity index (χ1v) is 11.3. The van der Waals surface area contributed by atoms with E-state index in [4.69, 9.17) is 0 Å². The number of amides is 4. The van der Waals surface area contributed by atoms with Crippen LogP contribution in [0.3, 0.4) is 0 Å². The third-order valence-electron chi connectivity index (χ3n) is 6.41. The second-order valence-corrected chi connectivity index (χ2v) is 9.57. The van der Waals surface area contributed by atoms with Gasteiger partial charge in [0, 0.05) is 37.3 Å². The van der Waals surface area contributed by atoms with E-state index in [9.17, 15) is 14.4 Å². The Morgan fingerprint density at radius 3 is 2.55 bits per heavy atom. The first-order valence-electron chi connectivity index (χ1n) is 10.4. The molecule has 0 aromatic carbocycles. The number of piperazine rings is 1. The fourth-order valence-electron chi connectivity index (χ4n) is 4.46. The number of imide groups is 1. The van der Waals surface area contributed by atoms with Crippen LogP contribution in [-0.2, 0) is 16.0 Å². The predicted molar refractivity (Wildman–Crippen MR) is 109 cm³/mol. The Hall–Kier alpha value is -2.00. The molecule has 3 aliphatic rings. The summed E-state index contributed by atoms with van der Waals surface area (Å²) in [6, 6.07) is -0.276. The summed E-state index contributed by atoms with van der Waals surface area (Å²) in [5, 5.41) is 5.78. The molecule has 2 aliphatic heterocycles. The molecule has 1 spiro atoms. The third-order valence-corrected chi connectivity index (χ3v) is 7.38. The van der Waals surface area contributed by atoms with Gasteiger partial charge in [-0.3, -0.25) is 14.5 Å². The van der Waals surface area contributed by atoms with Crippen LogP contribution in [0.25, 0.3) is 0 Å². The van der Waals surface area contributed by atoms with Crippen LogP contribution in [0.2, 0.25) is 0 Å². The fourth-order valence-corrected chi connectivity index (χ4v) is 5.23. The smallest absolute Gasteiger partial charge is 0.326 e. The number of urea groups is 1. The number of carbonyl (C=O) groups excluding carboxylic acids is 3. The second-order valence-electron chi connectivity index (χ2n) is 8.63. The van der Waals surface area contributed by atoms with E-state index in [1.54, 1.807) is 0 Å². The average Bonchev–Trinajstić information content (AvgIpc) is 3.21. The van der Waals surface area contributed by atoms with E-state index in [2.05, 4.69) is 22.1 Å². The number of rotatable bonds is 4. The number of carbonyl (C=O) groups is 3. The topological polar surface area (TPSA) is 85.9 Å². The van der Waals surface area contributed by atoms with E-state index in [0.717, 1.165) is 36.4 Å². The number of aromatic nitrogens is 1. The van der Waals surface area contributed by atoms with Gasteiger partial charge in [-0.05, 0) is 38.5 Å². The molecule has 2 saturated heterocycles. The van der Waals surface area contributed by atoms with E-state index < -0.39 is 5.54 Å². The van der Waals surface area contributed by atoms with Crippen LogP contribution in [0.15, 0.2) is 5.38 Å². The summed E-state index contributed by atoms with van der Waals surface area (Å²) in [4.78, 5) is 47.7. The minimum atomic E-state index is -0.687. The molecule has 1 aliphatic carbocycles. The Balaban J connectivity index is 1.29. The Morgan fingerprint density at radius 1 is 1.24 bits per heavy atom. The van der Waals surface area contributed by atoms with Crippen molar-refractivity contribution in [3.63, 3.8) is 0 Å². The van der Waals surface area contributed by atoms with Gasteiger partial charge in [0.1, 0.15) is 10.5 Å². The molecule has 1 aromatic heterocycles. The summed E-state index contributed by atoms with van der Waals surface area (Å²) in [5.74, 6) is 0.620. The van der Waals surface area contributed by atoms with Gasteiger partial charge in [0.25, 0.3) is 5.91 Å². The van der Waals surface area contributed by atoms with E-state index in [0.29, 0.717) is 45.2 Å². The molecule has 0 bridgehead atoms. The van der Waals surface area contributed by atoms with Crippen molar-refractivity contribution in [3.8, 4) is 0 Å². The molecule has 3 heterocycles. The highest BCUT2D eigenvalue weighted by molar-refractivity contribution is 7.09. The molecule has 3 fully saturated rings. The van der Waals surface area contributed by atoms with Gasteiger partial charge in [-0.2, -0.15) is 0 Å². The molecule has 4 rings (SSSR count). The summed E-state index contributed by atoms with van der Waals surface area (Å²) in [5.41, 5.74) is 0.258. The fraction of sp³-hybridized carbons (Fsp3) is 0.700. The third kappa shape index (κ3) is 4.16. The van der Waals surface area contributed by atoms with Gasteiger partial charge in [0.2, 0.25) is 5.91 Å². The van der Waals surface area contributed by atoms with Crippen molar-refractivity contribution in [2.24, 2.45) is 5.92 Å². The lowest BCUT2D eigenvalue weighted by Gasteiger charge is -2.36. The molecule has 0 radical (unpaired) electrons. The van der Waals surface area contributed by atoms with Crippen molar-refractivity contribution in [1.82, 2.24) is 25.0 Å². The molecule has 4 amide bonds. The summed E-state index contributed by atoms with van der Waals surface area (Å²) in [7, 11) is 0. The zero-order valence-corrected chi connectivity index (χ0v) is 18.0. The largest absolute Gasteiger partial charge is 0.340 e. The minimum Gasteiger partial charge on any atom is -0.340 e. The number of nitrogens with one attached hydrogen (secondary N) is 1. The van der Waals surface area contributed by atoms with Crippen molar-refractivity contribution in [2.45, 2.75) is 51.5 Å². The van der Waals surface area contributed by atoms with E-state index >= 15 is 0 Å². The standard InChI is InChI=1S/C20H29N5O3S/c1-14-3-5-20(6-4-14)18(27)25(19(28)22-20)13-23-7-9-24(10-8-23)17(26)11-16-21-15(2)12-29-16/h12,14H,3-11,13H2,1-2H3,(H,22,28). The lowest BCUT2D eigenvalue weighted by atomic mass is 9.77. The van der Waals surface area contributed by atoms with E-state index in [-0.39, 0.29) is 17.8 Å². The number of hydrogen-bond donors (Lipinski definition) is 1. The number of hydrogen-bond acceptors (Lipinski definition) is 6. The van der Waals surface area contributed by atoms with Gasteiger partial charge in [-0.1, -0.05) is 6.92 Å². The van der Waals surface area contributed by atoms with Crippen molar-refractivity contribution in [3.05, 3.63) is 16.1 Å².